The fourth-order valence-corrected chi connectivity index (χ4v) is 5.17. The Bertz CT molecular complexity index is 1310. The van der Waals surface area contributed by atoms with Crippen molar-refractivity contribution in [3.63, 3.8) is 0 Å². The number of benzene rings is 1. The first-order valence-electron chi connectivity index (χ1n) is 15.5. The molecule has 0 bridgehead atoms. The molecule has 1 saturated heterocycles. The Hall–Kier alpha value is -3.83. The van der Waals surface area contributed by atoms with E-state index in [-0.39, 0.29) is 12.5 Å². The number of anilines is 1. The zero-order valence-corrected chi connectivity index (χ0v) is 26.3. The molecule has 10 heteroatoms. The summed E-state index contributed by atoms with van der Waals surface area (Å²) in [7, 11) is 0. The van der Waals surface area contributed by atoms with E-state index in [2.05, 4.69) is 87.4 Å². The molecule has 3 heterocycles. The van der Waals surface area contributed by atoms with E-state index in [0.717, 1.165) is 86.2 Å². The number of ether oxygens (including phenoxy) is 1. The van der Waals surface area contributed by atoms with Gasteiger partial charge in [0.15, 0.2) is 0 Å². The van der Waals surface area contributed by atoms with Gasteiger partial charge < -0.3 is 15.0 Å². The minimum Gasteiger partial charge on any atom is -0.380 e. The molecule has 1 atom stereocenters. The molecule has 0 aliphatic carbocycles. The van der Waals surface area contributed by atoms with Gasteiger partial charge in [-0.2, -0.15) is 0 Å². The van der Waals surface area contributed by atoms with Crippen molar-refractivity contribution in [1.82, 2.24) is 30.2 Å². The van der Waals surface area contributed by atoms with Crippen LogP contribution in [0.2, 0.25) is 0 Å². The molecule has 4 rings (SSSR count). The van der Waals surface area contributed by atoms with Gasteiger partial charge >= 0.3 is 0 Å². The molecule has 10 nitrogen and oxygen atoms in total. The maximum Gasteiger partial charge on any atom is 0.230 e. The van der Waals surface area contributed by atoms with Gasteiger partial charge in [-0.05, 0) is 36.1 Å². The number of carbonyl (C=O) groups is 1. The molecule has 3 aromatic rings. The van der Waals surface area contributed by atoms with Crippen LogP contribution in [0.1, 0.15) is 45.1 Å². The van der Waals surface area contributed by atoms with Gasteiger partial charge in [-0.1, -0.05) is 81.8 Å². The first-order chi connectivity index (χ1) is 21.5. The Morgan fingerprint density at radius 2 is 1.82 bits per heavy atom. The smallest absolute Gasteiger partial charge is 0.230 e. The van der Waals surface area contributed by atoms with E-state index in [9.17, 15) is 0 Å². The van der Waals surface area contributed by atoms with E-state index in [4.69, 9.17) is 14.7 Å². The van der Waals surface area contributed by atoms with E-state index in [1.54, 1.807) is 12.4 Å². The summed E-state index contributed by atoms with van der Waals surface area (Å²) in [6.45, 7) is 20.2. The second-order valence-corrected chi connectivity index (χ2v) is 10.9. The van der Waals surface area contributed by atoms with Crippen molar-refractivity contribution in [2.45, 2.75) is 52.1 Å². The number of aromatic amines is 1. The van der Waals surface area contributed by atoms with Gasteiger partial charge in [0.05, 0.1) is 12.0 Å². The van der Waals surface area contributed by atoms with Crippen molar-refractivity contribution in [2.24, 2.45) is 0 Å². The standard InChI is InChI=1S/C33H46N6O.CH3NO2/c1-5-8-9-10-21-40-22-20-38-16-18-39(19-17-38)24-27-12-14-29(15-13-27)31-23-30-32(34-25-35-33(30)37-31)36-26(4)28(7-3)11-6-2;3-1-2-4/h6-7,11-15,23,25-26H,2-3,5,8-10,16-22,24H2,1,4H3,(H2,34,35,36,37);1,4H,(H,2,3)/b28-11+;/t26-;/m1./s1. The third kappa shape index (κ3) is 11.0. The molecule has 1 aliphatic rings. The van der Waals surface area contributed by atoms with Crippen LogP contribution >= 0.6 is 0 Å². The fourth-order valence-electron chi connectivity index (χ4n) is 5.17. The molecule has 1 aromatic carbocycles. The van der Waals surface area contributed by atoms with Crippen LogP contribution in [0.25, 0.3) is 22.3 Å². The normalized spacial score (nSPS) is 14.8. The highest BCUT2D eigenvalue weighted by molar-refractivity contribution is 5.91. The van der Waals surface area contributed by atoms with Gasteiger partial charge in [-0.3, -0.25) is 19.8 Å². The quantitative estimate of drug-likeness (QED) is 0.0521. The molecule has 238 valence electrons. The number of hydroxylamine groups is 1. The lowest BCUT2D eigenvalue weighted by Crippen LogP contribution is -2.46. The number of hydrogen-bond donors (Lipinski definition) is 4. The van der Waals surface area contributed by atoms with Crippen molar-refractivity contribution < 1.29 is 14.7 Å². The van der Waals surface area contributed by atoms with Gasteiger partial charge in [0.1, 0.15) is 17.8 Å². The number of aromatic nitrogens is 3. The number of H-pyrrole nitrogens is 1. The highest BCUT2D eigenvalue weighted by Gasteiger charge is 2.17. The first-order valence-corrected chi connectivity index (χ1v) is 15.5. The summed E-state index contributed by atoms with van der Waals surface area (Å²) < 4.78 is 5.84. The zero-order chi connectivity index (χ0) is 31.6. The van der Waals surface area contributed by atoms with Crippen LogP contribution in [0, 0.1) is 0 Å². The first kappa shape index (κ1) is 34.7. The van der Waals surface area contributed by atoms with Gasteiger partial charge in [0, 0.05) is 57.6 Å². The number of nitrogens with one attached hydrogen (secondary N) is 3. The van der Waals surface area contributed by atoms with Crippen LogP contribution in [0.15, 0.2) is 73.6 Å². The summed E-state index contributed by atoms with van der Waals surface area (Å²) >= 11 is 0. The van der Waals surface area contributed by atoms with Gasteiger partial charge in [-0.25, -0.2) is 15.4 Å². The predicted molar refractivity (Wildman–Crippen MR) is 179 cm³/mol. The molecular formula is C34H49N7O3. The molecule has 44 heavy (non-hydrogen) atoms. The number of carbonyl (C=O) groups excluding carboxylic acids is 1. The average Bonchev–Trinajstić information content (AvgIpc) is 3.50. The van der Waals surface area contributed by atoms with E-state index in [1.807, 2.05) is 12.2 Å². The fraction of sp³-hybridized carbons (Fsp3) is 0.441. The van der Waals surface area contributed by atoms with Crippen LogP contribution in [-0.2, 0) is 16.1 Å². The second-order valence-electron chi connectivity index (χ2n) is 10.9. The topological polar surface area (TPSA) is 119 Å². The monoisotopic (exact) mass is 603 g/mol. The highest BCUT2D eigenvalue weighted by Crippen LogP contribution is 2.28. The van der Waals surface area contributed by atoms with Crippen molar-refractivity contribution in [2.75, 3.05) is 51.3 Å². The third-order valence-corrected chi connectivity index (χ3v) is 7.71. The van der Waals surface area contributed by atoms with Crippen LogP contribution in [-0.4, -0.2) is 88.3 Å². The average molecular weight is 604 g/mol. The molecule has 0 spiro atoms. The third-order valence-electron chi connectivity index (χ3n) is 7.71. The van der Waals surface area contributed by atoms with E-state index in [0.29, 0.717) is 0 Å². The number of allylic oxidation sites excluding steroid dienone is 2. The predicted octanol–water partition coefficient (Wildman–Crippen LogP) is 5.56. The molecule has 0 unspecified atom stereocenters. The lowest BCUT2D eigenvalue weighted by atomic mass is 10.1. The van der Waals surface area contributed by atoms with Gasteiger partial charge in [0.2, 0.25) is 6.41 Å². The lowest BCUT2D eigenvalue weighted by molar-refractivity contribution is -0.116. The molecule has 2 aromatic heterocycles. The minimum atomic E-state index is 0.0433. The molecule has 1 amide bonds. The summed E-state index contributed by atoms with van der Waals surface area (Å²) in [5.74, 6) is 0.797. The number of rotatable bonds is 17. The SMILES string of the molecule is C=C/C=C(\C=C)[C@@H](C)Nc1ncnc2[nH]c(-c3ccc(CN4CCN(CCOCCCCCC)CC4)cc3)cc12.O=CNO. The maximum atomic E-state index is 8.81. The molecule has 0 radical (unpaired) electrons. The lowest BCUT2D eigenvalue weighted by Gasteiger charge is -2.34. The minimum absolute atomic E-state index is 0.0433. The number of fused-ring (bicyclic) bond motifs is 1. The van der Waals surface area contributed by atoms with Crippen molar-refractivity contribution in [3.05, 3.63) is 79.2 Å². The summed E-state index contributed by atoms with van der Waals surface area (Å²) in [4.78, 5) is 26.3. The van der Waals surface area contributed by atoms with Gasteiger partial charge in [0.25, 0.3) is 0 Å². The maximum absolute atomic E-state index is 8.81. The van der Waals surface area contributed by atoms with Crippen LogP contribution in [0.3, 0.4) is 0 Å². The molecule has 1 fully saturated rings. The molecule has 1 aliphatic heterocycles. The van der Waals surface area contributed by atoms with E-state index < -0.39 is 0 Å². The number of nitrogens with zero attached hydrogens (tertiary/aromatic N) is 4. The Kier molecular flexibility index (Phi) is 15.3. The molecule has 0 saturated carbocycles. The van der Waals surface area contributed by atoms with Crippen molar-refractivity contribution in [1.29, 1.82) is 0 Å². The summed E-state index contributed by atoms with van der Waals surface area (Å²) in [6.07, 6.45) is 12.4. The summed E-state index contributed by atoms with van der Waals surface area (Å²) in [5.41, 5.74) is 6.63. The Balaban J connectivity index is 0.00000124. The van der Waals surface area contributed by atoms with Crippen LogP contribution in [0.5, 0.6) is 0 Å². The number of piperazine rings is 1. The number of hydrogen-bond acceptors (Lipinski definition) is 8. The Morgan fingerprint density at radius 1 is 1.09 bits per heavy atom. The number of amides is 1. The highest BCUT2D eigenvalue weighted by atomic mass is 16.5. The Labute approximate surface area is 261 Å². The second kappa shape index (κ2) is 19.4. The Morgan fingerprint density at radius 3 is 2.48 bits per heavy atom. The van der Waals surface area contributed by atoms with Crippen LogP contribution in [0.4, 0.5) is 5.82 Å². The van der Waals surface area contributed by atoms with Crippen molar-refractivity contribution >= 4 is 23.3 Å². The van der Waals surface area contributed by atoms with Crippen LogP contribution < -0.4 is 10.8 Å². The molecule has 4 N–H and O–H groups in total. The largest absolute Gasteiger partial charge is 0.380 e. The zero-order valence-electron chi connectivity index (χ0n) is 26.3. The summed E-state index contributed by atoms with van der Waals surface area (Å²) in [5, 5.41) is 11.7. The molecular weight excluding hydrogens is 554 g/mol. The number of unbranched alkanes of at least 4 members (excludes halogenated alkanes) is 3. The van der Waals surface area contributed by atoms with E-state index >= 15 is 0 Å². The van der Waals surface area contributed by atoms with Gasteiger partial charge in [-0.15, -0.1) is 0 Å². The van der Waals surface area contributed by atoms with Crippen molar-refractivity contribution in [3.8, 4) is 11.3 Å². The summed E-state index contributed by atoms with van der Waals surface area (Å²) in [6, 6.07) is 11.0. The van der Waals surface area contributed by atoms with E-state index in [1.165, 1.54) is 36.7 Å².